The molecule has 1 aromatic rings. The lowest BCUT2D eigenvalue weighted by Gasteiger charge is -2.27. The van der Waals surface area contributed by atoms with Gasteiger partial charge in [-0.3, -0.25) is 9.00 Å². The van der Waals surface area contributed by atoms with E-state index in [0.29, 0.717) is 12.3 Å². The highest BCUT2D eigenvalue weighted by molar-refractivity contribution is 7.85. The summed E-state index contributed by atoms with van der Waals surface area (Å²) in [4.78, 5) is 25.7. The molecule has 28 heavy (non-hydrogen) atoms. The van der Waals surface area contributed by atoms with Gasteiger partial charge in [0.1, 0.15) is 5.60 Å². The minimum atomic E-state index is -1.14. The number of ether oxygens (including phenoxy) is 1. The van der Waals surface area contributed by atoms with Gasteiger partial charge in [-0.15, -0.1) is 0 Å². The molecule has 0 saturated heterocycles. The summed E-state index contributed by atoms with van der Waals surface area (Å²) >= 11 is 0. The Kier molecular flexibility index (Phi) is 8.48. The fourth-order valence-corrected chi connectivity index (χ4v) is 4.33. The van der Waals surface area contributed by atoms with Crippen LogP contribution < -0.4 is 10.6 Å². The Bertz CT molecular complexity index is 673. The number of hydrogen-bond donors (Lipinski definition) is 2. The van der Waals surface area contributed by atoms with E-state index in [4.69, 9.17) is 4.74 Å². The number of hydrogen-bond acceptors (Lipinski definition) is 4. The lowest BCUT2D eigenvalue weighted by atomic mass is 9.94. The standard InChI is InChI=1S/C21H32N2O4S/c1-21(2,3)27-20(25)23-18-13-9-5-8-12-17(18)19(24)22-14-15-28(26)16-10-6-4-7-11-16/h4,6-7,10-11,17-18H,5,8-9,12-15H2,1-3H3,(H,22,24)(H,23,25)/t17-,18-,28-/m1/s1. The zero-order valence-corrected chi connectivity index (χ0v) is 17.8. The van der Waals surface area contributed by atoms with Crippen LogP contribution in [0.3, 0.4) is 0 Å². The third-order valence-electron chi connectivity index (χ3n) is 4.65. The SMILES string of the molecule is CC(C)(C)OC(=O)N[C@@H]1CCCCC[C@H]1C(=O)NCC[S@@](=O)c1ccccc1. The molecule has 0 unspecified atom stereocenters. The molecule has 0 radical (unpaired) electrons. The monoisotopic (exact) mass is 408 g/mol. The molecule has 156 valence electrons. The summed E-state index contributed by atoms with van der Waals surface area (Å²) in [5, 5.41) is 5.80. The zero-order valence-electron chi connectivity index (χ0n) is 17.0. The van der Waals surface area contributed by atoms with Crippen molar-refractivity contribution < 1.29 is 18.5 Å². The van der Waals surface area contributed by atoms with Crippen LogP contribution in [0.2, 0.25) is 0 Å². The largest absolute Gasteiger partial charge is 0.444 e. The summed E-state index contributed by atoms with van der Waals surface area (Å²) in [5.41, 5.74) is -0.575. The minimum Gasteiger partial charge on any atom is -0.444 e. The van der Waals surface area contributed by atoms with Crippen LogP contribution >= 0.6 is 0 Å². The molecular weight excluding hydrogens is 376 g/mol. The van der Waals surface area contributed by atoms with E-state index in [0.717, 1.165) is 37.0 Å². The van der Waals surface area contributed by atoms with E-state index in [1.807, 2.05) is 51.1 Å². The first-order chi connectivity index (χ1) is 13.3. The Morgan fingerprint density at radius 2 is 1.79 bits per heavy atom. The number of rotatable bonds is 6. The predicted molar refractivity (Wildman–Crippen MR) is 110 cm³/mol. The molecule has 1 aliphatic carbocycles. The number of carbonyl (C=O) groups excluding carboxylic acids is 2. The molecule has 1 fully saturated rings. The highest BCUT2D eigenvalue weighted by atomic mass is 32.2. The van der Waals surface area contributed by atoms with E-state index in [9.17, 15) is 13.8 Å². The van der Waals surface area contributed by atoms with Crippen LogP contribution in [-0.2, 0) is 20.3 Å². The molecule has 2 rings (SSSR count). The normalized spacial score (nSPS) is 21.2. The number of nitrogens with one attached hydrogen (secondary N) is 2. The van der Waals surface area contributed by atoms with Crippen LogP contribution in [0.1, 0.15) is 52.9 Å². The van der Waals surface area contributed by atoms with Crippen molar-refractivity contribution in [2.24, 2.45) is 5.92 Å². The van der Waals surface area contributed by atoms with Gasteiger partial charge in [0.05, 0.1) is 16.7 Å². The number of benzene rings is 1. The van der Waals surface area contributed by atoms with Crippen molar-refractivity contribution in [3.05, 3.63) is 30.3 Å². The second-order valence-corrected chi connectivity index (χ2v) is 9.72. The van der Waals surface area contributed by atoms with Crippen molar-refractivity contribution in [1.82, 2.24) is 10.6 Å². The Morgan fingerprint density at radius 1 is 1.11 bits per heavy atom. The van der Waals surface area contributed by atoms with Crippen LogP contribution in [0, 0.1) is 5.92 Å². The van der Waals surface area contributed by atoms with E-state index in [2.05, 4.69) is 10.6 Å². The van der Waals surface area contributed by atoms with Crippen LogP contribution in [0.4, 0.5) is 4.79 Å². The van der Waals surface area contributed by atoms with E-state index < -0.39 is 22.5 Å². The first-order valence-corrected chi connectivity index (χ1v) is 11.3. The predicted octanol–water partition coefficient (Wildman–Crippen LogP) is 3.38. The fourth-order valence-electron chi connectivity index (χ4n) is 3.34. The van der Waals surface area contributed by atoms with E-state index in [1.165, 1.54) is 0 Å². The van der Waals surface area contributed by atoms with Crippen molar-refractivity contribution in [2.75, 3.05) is 12.3 Å². The van der Waals surface area contributed by atoms with Crippen LogP contribution in [-0.4, -0.2) is 40.1 Å². The molecular formula is C21H32N2O4S. The smallest absolute Gasteiger partial charge is 0.407 e. The van der Waals surface area contributed by atoms with Gasteiger partial charge in [0.25, 0.3) is 0 Å². The molecule has 3 atom stereocenters. The van der Waals surface area contributed by atoms with Crippen molar-refractivity contribution in [3.8, 4) is 0 Å². The van der Waals surface area contributed by atoms with Crippen molar-refractivity contribution in [1.29, 1.82) is 0 Å². The van der Waals surface area contributed by atoms with Crippen LogP contribution in [0.25, 0.3) is 0 Å². The average Bonchev–Trinajstić information content (AvgIpc) is 2.86. The molecule has 0 aliphatic heterocycles. The Hall–Kier alpha value is -1.89. The van der Waals surface area contributed by atoms with E-state index in [-0.39, 0.29) is 17.9 Å². The summed E-state index contributed by atoms with van der Waals surface area (Å²) in [6.45, 7) is 5.79. The van der Waals surface area contributed by atoms with Gasteiger partial charge in [-0.2, -0.15) is 0 Å². The van der Waals surface area contributed by atoms with Crippen LogP contribution in [0.5, 0.6) is 0 Å². The highest BCUT2D eigenvalue weighted by Gasteiger charge is 2.32. The molecule has 6 nitrogen and oxygen atoms in total. The van der Waals surface area contributed by atoms with Crippen molar-refractivity contribution >= 4 is 22.8 Å². The molecule has 2 amide bonds. The van der Waals surface area contributed by atoms with Gasteiger partial charge >= 0.3 is 6.09 Å². The first-order valence-electron chi connectivity index (χ1n) is 9.97. The molecule has 0 heterocycles. The van der Waals surface area contributed by atoms with Gasteiger partial charge in [-0.25, -0.2) is 4.79 Å². The quantitative estimate of drug-likeness (QED) is 0.707. The van der Waals surface area contributed by atoms with E-state index >= 15 is 0 Å². The topological polar surface area (TPSA) is 84.5 Å². The lowest BCUT2D eigenvalue weighted by molar-refractivity contribution is -0.125. The summed E-state index contributed by atoms with van der Waals surface area (Å²) in [5.74, 6) is -0.0136. The molecule has 1 aliphatic rings. The van der Waals surface area contributed by atoms with Gasteiger partial charge in [0.2, 0.25) is 5.91 Å². The average molecular weight is 409 g/mol. The summed E-state index contributed by atoms with van der Waals surface area (Å²) < 4.78 is 17.6. The van der Waals surface area contributed by atoms with Gasteiger partial charge < -0.3 is 15.4 Å². The highest BCUT2D eigenvalue weighted by Crippen LogP contribution is 2.24. The molecule has 1 saturated carbocycles. The van der Waals surface area contributed by atoms with Crippen molar-refractivity contribution in [3.63, 3.8) is 0 Å². The Balaban J connectivity index is 1.88. The first kappa shape index (κ1) is 22.4. The molecule has 7 heteroatoms. The van der Waals surface area contributed by atoms with Crippen LogP contribution in [0.15, 0.2) is 35.2 Å². The third-order valence-corrected chi connectivity index (χ3v) is 6.02. The minimum absolute atomic E-state index is 0.0898. The third kappa shape index (κ3) is 7.62. The van der Waals surface area contributed by atoms with Gasteiger partial charge in [0.15, 0.2) is 0 Å². The maximum absolute atomic E-state index is 12.7. The number of amides is 2. The van der Waals surface area contributed by atoms with Gasteiger partial charge in [-0.1, -0.05) is 37.5 Å². The Labute approximate surface area is 170 Å². The second kappa shape index (κ2) is 10.6. The summed E-state index contributed by atoms with van der Waals surface area (Å²) in [6.07, 6.45) is 3.99. The molecule has 0 bridgehead atoms. The lowest BCUT2D eigenvalue weighted by Crippen LogP contribution is -2.48. The maximum Gasteiger partial charge on any atom is 0.407 e. The van der Waals surface area contributed by atoms with E-state index in [1.54, 1.807) is 0 Å². The number of carbonyl (C=O) groups is 2. The summed E-state index contributed by atoms with van der Waals surface area (Å²) in [6, 6.07) is 8.99. The molecule has 2 N–H and O–H groups in total. The number of alkyl carbamates (subject to hydrolysis) is 1. The fraction of sp³-hybridized carbons (Fsp3) is 0.619. The van der Waals surface area contributed by atoms with Gasteiger partial charge in [0, 0.05) is 23.2 Å². The van der Waals surface area contributed by atoms with Crippen molar-refractivity contribution in [2.45, 2.75) is 69.4 Å². The molecule has 0 aromatic heterocycles. The second-order valence-electron chi connectivity index (χ2n) is 8.15. The molecule has 1 aromatic carbocycles. The van der Waals surface area contributed by atoms with Gasteiger partial charge in [-0.05, 0) is 45.7 Å². The maximum atomic E-state index is 12.7. The zero-order chi connectivity index (χ0) is 20.6. The Morgan fingerprint density at radius 3 is 2.46 bits per heavy atom. The summed E-state index contributed by atoms with van der Waals surface area (Å²) in [7, 11) is -1.14. The molecule has 0 spiro atoms.